The van der Waals surface area contributed by atoms with Gasteiger partial charge in [0.2, 0.25) is 0 Å². The third-order valence-corrected chi connectivity index (χ3v) is 3.04. The van der Waals surface area contributed by atoms with Crippen molar-refractivity contribution in [3.8, 4) is 5.75 Å². The Labute approximate surface area is 116 Å². The van der Waals surface area contributed by atoms with Crippen LogP contribution < -0.4 is 10.1 Å². The van der Waals surface area contributed by atoms with Crippen LogP contribution in [0.1, 0.15) is 45.1 Å². The zero-order chi connectivity index (χ0) is 14.1. The summed E-state index contributed by atoms with van der Waals surface area (Å²) in [5.41, 5.74) is 1.18. The number of ether oxygens (including phenoxy) is 1. The summed E-state index contributed by atoms with van der Waals surface area (Å²) in [5.74, 6) is 0.736. The molecule has 0 heterocycles. The Bertz CT molecular complexity index is 373. The minimum Gasteiger partial charge on any atom is -0.481 e. The predicted octanol–water partition coefficient (Wildman–Crippen LogP) is 3.46. The average Bonchev–Trinajstić information content (AvgIpc) is 2.42. The molecule has 1 amide bonds. The van der Waals surface area contributed by atoms with Crippen molar-refractivity contribution in [1.29, 1.82) is 0 Å². The summed E-state index contributed by atoms with van der Waals surface area (Å²) in [6.07, 6.45) is 3.61. The van der Waals surface area contributed by atoms with Crippen molar-refractivity contribution >= 4 is 5.91 Å². The molecule has 0 aromatic heterocycles. The first-order chi connectivity index (χ1) is 9.17. The van der Waals surface area contributed by atoms with Gasteiger partial charge in [0.15, 0.2) is 6.10 Å². The van der Waals surface area contributed by atoms with Gasteiger partial charge in [-0.25, -0.2) is 0 Å². The van der Waals surface area contributed by atoms with Crippen LogP contribution in [0.3, 0.4) is 0 Å². The predicted molar refractivity (Wildman–Crippen MR) is 78.4 cm³/mol. The number of hydrogen-bond donors (Lipinski definition) is 1. The lowest BCUT2D eigenvalue weighted by Crippen LogP contribution is -2.38. The summed E-state index contributed by atoms with van der Waals surface area (Å²) in [5, 5.41) is 2.94. The Hall–Kier alpha value is -1.51. The van der Waals surface area contributed by atoms with E-state index in [-0.39, 0.29) is 5.91 Å². The van der Waals surface area contributed by atoms with Crippen molar-refractivity contribution in [1.82, 2.24) is 5.32 Å². The fourth-order valence-corrected chi connectivity index (χ4v) is 1.80. The van der Waals surface area contributed by atoms with E-state index in [1.807, 2.05) is 38.1 Å². The van der Waals surface area contributed by atoms with Crippen molar-refractivity contribution in [2.75, 3.05) is 6.54 Å². The molecule has 0 saturated carbocycles. The Kier molecular flexibility index (Phi) is 7.01. The Morgan fingerprint density at radius 3 is 2.47 bits per heavy atom. The lowest BCUT2D eigenvalue weighted by Gasteiger charge is -2.17. The summed E-state index contributed by atoms with van der Waals surface area (Å²) < 4.78 is 5.73. The second-order valence-electron chi connectivity index (χ2n) is 4.83. The molecule has 1 rings (SSSR count). The summed E-state index contributed by atoms with van der Waals surface area (Å²) in [6, 6.07) is 7.78. The van der Waals surface area contributed by atoms with Gasteiger partial charge in [-0.3, -0.25) is 4.79 Å². The monoisotopic (exact) mass is 263 g/mol. The SMILES string of the molecule is CCCCCNC(=O)[C@H](CC)Oc1ccc(C)cc1. The number of aryl methyl sites for hydroxylation is 1. The first-order valence-corrected chi connectivity index (χ1v) is 7.18. The van der Waals surface area contributed by atoms with Crippen LogP contribution in [-0.4, -0.2) is 18.6 Å². The van der Waals surface area contributed by atoms with E-state index in [2.05, 4.69) is 12.2 Å². The maximum absolute atomic E-state index is 12.0. The summed E-state index contributed by atoms with van der Waals surface area (Å²) in [6.45, 7) is 6.88. The molecule has 3 nitrogen and oxygen atoms in total. The van der Waals surface area contributed by atoms with E-state index in [4.69, 9.17) is 4.74 Å². The smallest absolute Gasteiger partial charge is 0.261 e. The van der Waals surface area contributed by atoms with Crippen LogP contribution in [0.2, 0.25) is 0 Å². The highest BCUT2D eigenvalue weighted by Gasteiger charge is 2.17. The second-order valence-corrected chi connectivity index (χ2v) is 4.83. The molecule has 3 heteroatoms. The molecule has 0 aliphatic carbocycles. The van der Waals surface area contributed by atoms with Gasteiger partial charge in [-0.15, -0.1) is 0 Å². The first kappa shape index (κ1) is 15.5. The van der Waals surface area contributed by atoms with Crippen LogP contribution in [0.4, 0.5) is 0 Å². The number of carbonyl (C=O) groups is 1. The van der Waals surface area contributed by atoms with Gasteiger partial charge >= 0.3 is 0 Å². The lowest BCUT2D eigenvalue weighted by atomic mass is 10.2. The zero-order valence-electron chi connectivity index (χ0n) is 12.2. The largest absolute Gasteiger partial charge is 0.481 e. The van der Waals surface area contributed by atoms with E-state index in [9.17, 15) is 4.79 Å². The molecule has 106 valence electrons. The van der Waals surface area contributed by atoms with E-state index < -0.39 is 6.10 Å². The number of unbranched alkanes of at least 4 members (excludes halogenated alkanes) is 2. The molecule has 19 heavy (non-hydrogen) atoms. The van der Waals surface area contributed by atoms with E-state index in [1.54, 1.807) is 0 Å². The average molecular weight is 263 g/mol. The van der Waals surface area contributed by atoms with Crippen LogP contribution in [0.15, 0.2) is 24.3 Å². The fraction of sp³-hybridized carbons (Fsp3) is 0.562. The maximum atomic E-state index is 12.0. The first-order valence-electron chi connectivity index (χ1n) is 7.18. The van der Waals surface area contributed by atoms with Crippen LogP contribution in [0.5, 0.6) is 5.75 Å². The Balaban J connectivity index is 2.43. The topological polar surface area (TPSA) is 38.3 Å². The number of hydrogen-bond acceptors (Lipinski definition) is 2. The van der Waals surface area contributed by atoms with Crippen LogP contribution >= 0.6 is 0 Å². The van der Waals surface area contributed by atoms with E-state index >= 15 is 0 Å². The molecule has 1 aromatic carbocycles. The molecule has 0 bridgehead atoms. The maximum Gasteiger partial charge on any atom is 0.261 e. The molecule has 0 unspecified atom stereocenters. The fourth-order valence-electron chi connectivity index (χ4n) is 1.80. The minimum atomic E-state index is -0.399. The van der Waals surface area contributed by atoms with E-state index in [0.717, 1.165) is 31.6 Å². The lowest BCUT2D eigenvalue weighted by molar-refractivity contribution is -0.128. The Morgan fingerprint density at radius 1 is 1.21 bits per heavy atom. The normalized spacial score (nSPS) is 11.9. The molecule has 0 aliphatic rings. The van der Waals surface area contributed by atoms with Crippen molar-refractivity contribution in [3.05, 3.63) is 29.8 Å². The van der Waals surface area contributed by atoms with Gasteiger partial charge < -0.3 is 10.1 Å². The number of carbonyl (C=O) groups excluding carboxylic acids is 1. The molecule has 0 radical (unpaired) electrons. The highest BCUT2D eigenvalue weighted by Crippen LogP contribution is 2.14. The number of amides is 1. The standard InChI is InChI=1S/C16H25NO2/c1-4-6-7-12-17-16(18)15(5-2)19-14-10-8-13(3)9-11-14/h8-11,15H,4-7,12H2,1-3H3,(H,17,18)/t15-/m0/s1. The quantitative estimate of drug-likeness (QED) is 0.729. The number of rotatable bonds is 8. The summed E-state index contributed by atoms with van der Waals surface area (Å²) in [7, 11) is 0. The highest BCUT2D eigenvalue weighted by molar-refractivity contribution is 5.81. The van der Waals surface area contributed by atoms with Crippen molar-refractivity contribution in [2.24, 2.45) is 0 Å². The van der Waals surface area contributed by atoms with Gasteiger partial charge in [0.05, 0.1) is 0 Å². The molecule has 1 atom stereocenters. The summed E-state index contributed by atoms with van der Waals surface area (Å²) >= 11 is 0. The molecule has 0 saturated heterocycles. The van der Waals surface area contributed by atoms with Crippen molar-refractivity contribution in [3.63, 3.8) is 0 Å². The molecule has 0 fully saturated rings. The van der Waals surface area contributed by atoms with Gasteiger partial charge in [0, 0.05) is 6.54 Å². The van der Waals surface area contributed by atoms with Crippen molar-refractivity contribution < 1.29 is 9.53 Å². The highest BCUT2D eigenvalue weighted by atomic mass is 16.5. The van der Waals surface area contributed by atoms with Crippen LogP contribution in [0.25, 0.3) is 0 Å². The van der Waals surface area contributed by atoms with Gasteiger partial charge in [-0.05, 0) is 31.9 Å². The number of nitrogens with one attached hydrogen (secondary N) is 1. The molecule has 1 N–H and O–H groups in total. The van der Waals surface area contributed by atoms with E-state index in [0.29, 0.717) is 6.42 Å². The summed E-state index contributed by atoms with van der Waals surface area (Å²) in [4.78, 5) is 12.0. The third-order valence-electron chi connectivity index (χ3n) is 3.04. The second kappa shape index (κ2) is 8.57. The van der Waals surface area contributed by atoms with E-state index in [1.165, 1.54) is 5.56 Å². The molecular formula is C16H25NO2. The molecule has 0 aliphatic heterocycles. The van der Waals surface area contributed by atoms with Crippen LogP contribution in [0, 0.1) is 6.92 Å². The van der Waals surface area contributed by atoms with Crippen LogP contribution in [-0.2, 0) is 4.79 Å². The Morgan fingerprint density at radius 2 is 1.89 bits per heavy atom. The van der Waals surface area contributed by atoms with Gasteiger partial charge in [-0.1, -0.05) is 44.4 Å². The zero-order valence-corrected chi connectivity index (χ0v) is 12.2. The van der Waals surface area contributed by atoms with Gasteiger partial charge in [0.25, 0.3) is 5.91 Å². The third kappa shape index (κ3) is 5.77. The van der Waals surface area contributed by atoms with Crippen molar-refractivity contribution in [2.45, 2.75) is 52.6 Å². The van der Waals surface area contributed by atoms with Gasteiger partial charge in [-0.2, -0.15) is 0 Å². The number of benzene rings is 1. The molecule has 0 spiro atoms. The molecule has 1 aromatic rings. The molecular weight excluding hydrogens is 238 g/mol. The minimum absolute atomic E-state index is 0.0146. The van der Waals surface area contributed by atoms with Gasteiger partial charge in [0.1, 0.15) is 5.75 Å².